The number of rotatable bonds is 13. The minimum atomic E-state index is -4.86. The summed E-state index contributed by atoms with van der Waals surface area (Å²) in [4.78, 5) is -1.45. The molecule has 31 heavy (non-hydrogen) atoms. The normalized spacial score (nSPS) is 12.1. The molecule has 2 rings (SSSR count). The van der Waals surface area contributed by atoms with Crippen LogP contribution in [-0.2, 0) is 26.7 Å². The van der Waals surface area contributed by atoms with Gasteiger partial charge < -0.3 is 0 Å². The fourth-order valence-corrected chi connectivity index (χ4v) is 6.18. The maximum Gasteiger partial charge on any atom is 0.296 e. The van der Waals surface area contributed by atoms with Gasteiger partial charge in [-0.2, -0.15) is 16.8 Å². The van der Waals surface area contributed by atoms with Crippen LogP contribution >= 0.6 is 0 Å². The van der Waals surface area contributed by atoms with Gasteiger partial charge in [0.2, 0.25) is 0 Å². The fraction of sp³-hybridized carbons (Fsp3) is 0.545. The van der Waals surface area contributed by atoms with Crippen LogP contribution in [0.5, 0.6) is 0 Å². The standard InChI is InChI=1S/C22H32O6S2.Na/c1-2-3-4-5-6-7-8-9-10-11-15-19-17-18-14-12-13-16-20(18)22(30(26,27)28)21(19)29(23,24)25;/h12-14,16-17H,2-11,15H2,1H3,(H,23,24,25)(H,26,27,28);. The summed E-state index contributed by atoms with van der Waals surface area (Å²) in [6.45, 7) is 2.20. The fourth-order valence-electron chi connectivity index (χ4n) is 3.88. The summed E-state index contributed by atoms with van der Waals surface area (Å²) in [6.07, 6.45) is 11.5. The zero-order chi connectivity index (χ0) is 22.2. The Morgan fingerprint density at radius 1 is 0.710 bits per heavy atom. The van der Waals surface area contributed by atoms with E-state index in [1.807, 2.05) is 0 Å². The van der Waals surface area contributed by atoms with E-state index in [1.54, 1.807) is 24.3 Å². The second kappa shape index (κ2) is 13.3. The summed E-state index contributed by atoms with van der Waals surface area (Å²) >= 11 is 0. The van der Waals surface area contributed by atoms with Gasteiger partial charge in [-0.05, 0) is 29.9 Å². The van der Waals surface area contributed by atoms with E-state index in [0.717, 1.165) is 19.3 Å². The topological polar surface area (TPSA) is 109 Å². The number of benzene rings is 2. The predicted molar refractivity (Wildman–Crippen MR) is 125 cm³/mol. The number of unbranched alkanes of at least 4 members (excludes halogenated alkanes) is 9. The predicted octanol–water partition coefficient (Wildman–Crippen LogP) is 5.42. The molecule has 169 valence electrons. The van der Waals surface area contributed by atoms with Crippen LogP contribution in [0.2, 0.25) is 0 Å². The van der Waals surface area contributed by atoms with Gasteiger partial charge >= 0.3 is 0 Å². The number of fused-ring (bicyclic) bond motifs is 1. The molecule has 0 unspecified atom stereocenters. The molecule has 2 aromatic rings. The Labute approximate surface area is 208 Å². The SMILES string of the molecule is CCCCCCCCCCCCc1cc2ccccc2c(S(=O)(=O)O)c1S(=O)(=O)O.[Na]. The van der Waals surface area contributed by atoms with Crippen molar-refractivity contribution in [1.29, 1.82) is 0 Å². The molecular weight excluding hydrogens is 447 g/mol. The summed E-state index contributed by atoms with van der Waals surface area (Å²) < 4.78 is 67.5. The molecule has 0 aliphatic rings. The summed E-state index contributed by atoms with van der Waals surface area (Å²) in [5.41, 5.74) is 0.211. The van der Waals surface area contributed by atoms with E-state index < -0.39 is 30.0 Å². The molecule has 9 heteroatoms. The van der Waals surface area contributed by atoms with Gasteiger partial charge in [0.05, 0.1) is 0 Å². The first-order chi connectivity index (χ1) is 14.2. The molecule has 0 bridgehead atoms. The van der Waals surface area contributed by atoms with Gasteiger partial charge in [-0.3, -0.25) is 9.11 Å². The van der Waals surface area contributed by atoms with Crippen LogP contribution in [0.15, 0.2) is 40.1 Å². The average Bonchev–Trinajstić information content (AvgIpc) is 2.66. The van der Waals surface area contributed by atoms with Crippen LogP contribution < -0.4 is 0 Å². The maximum atomic E-state index is 12.0. The van der Waals surface area contributed by atoms with Crippen molar-refractivity contribution in [2.45, 2.75) is 87.3 Å². The van der Waals surface area contributed by atoms with Gasteiger partial charge in [0.25, 0.3) is 20.2 Å². The zero-order valence-electron chi connectivity index (χ0n) is 18.5. The minimum Gasteiger partial charge on any atom is -0.282 e. The van der Waals surface area contributed by atoms with E-state index in [1.165, 1.54) is 44.6 Å². The first kappa shape index (κ1) is 28.6. The Hall–Kier alpha value is -0.480. The van der Waals surface area contributed by atoms with Crippen molar-refractivity contribution in [1.82, 2.24) is 0 Å². The summed E-state index contributed by atoms with van der Waals surface area (Å²) in [5.74, 6) is 0. The first-order valence-corrected chi connectivity index (χ1v) is 13.5. The molecule has 0 heterocycles. The van der Waals surface area contributed by atoms with Gasteiger partial charge in [-0.1, -0.05) is 89.0 Å². The third-order valence-electron chi connectivity index (χ3n) is 5.35. The van der Waals surface area contributed by atoms with Crippen LogP contribution in [0.4, 0.5) is 0 Å². The molecule has 0 saturated heterocycles. The van der Waals surface area contributed by atoms with E-state index in [2.05, 4.69) is 6.92 Å². The molecule has 0 aromatic heterocycles. The number of aryl methyl sites for hydroxylation is 1. The van der Waals surface area contributed by atoms with Crippen molar-refractivity contribution in [3.63, 3.8) is 0 Å². The van der Waals surface area contributed by atoms with Gasteiger partial charge in [-0.25, -0.2) is 0 Å². The second-order valence-corrected chi connectivity index (χ2v) is 10.5. The smallest absolute Gasteiger partial charge is 0.282 e. The van der Waals surface area contributed by atoms with Crippen molar-refractivity contribution in [2.75, 3.05) is 0 Å². The van der Waals surface area contributed by atoms with Crippen LogP contribution in [0.1, 0.15) is 76.7 Å². The number of hydrogen-bond donors (Lipinski definition) is 2. The van der Waals surface area contributed by atoms with E-state index in [9.17, 15) is 25.9 Å². The summed E-state index contributed by atoms with van der Waals surface area (Å²) in [7, 11) is -9.70. The van der Waals surface area contributed by atoms with Gasteiger partial charge in [0.15, 0.2) is 0 Å². The maximum absolute atomic E-state index is 12.0. The molecule has 0 saturated carbocycles. The van der Waals surface area contributed by atoms with E-state index in [-0.39, 0.29) is 40.5 Å². The molecular formula is C22H32NaO6S2. The molecule has 0 aliphatic carbocycles. The molecule has 0 spiro atoms. The number of hydrogen-bond acceptors (Lipinski definition) is 4. The largest absolute Gasteiger partial charge is 0.296 e. The molecule has 0 atom stereocenters. The van der Waals surface area contributed by atoms with Crippen molar-refractivity contribution in [3.05, 3.63) is 35.9 Å². The summed E-state index contributed by atoms with van der Waals surface area (Å²) in [6, 6.07) is 7.90. The van der Waals surface area contributed by atoms with Crippen LogP contribution in [0.3, 0.4) is 0 Å². The van der Waals surface area contributed by atoms with Crippen molar-refractivity contribution in [2.24, 2.45) is 0 Å². The third-order valence-corrected chi connectivity index (χ3v) is 7.40. The molecule has 0 aliphatic heterocycles. The first-order valence-electron chi connectivity index (χ1n) is 10.7. The molecule has 2 aromatic carbocycles. The molecule has 6 nitrogen and oxygen atoms in total. The molecule has 0 fully saturated rings. The Kier molecular flexibility index (Phi) is 12.2. The van der Waals surface area contributed by atoms with Gasteiger partial charge in [0.1, 0.15) is 9.79 Å². The zero-order valence-corrected chi connectivity index (χ0v) is 22.1. The van der Waals surface area contributed by atoms with Crippen molar-refractivity contribution >= 4 is 60.6 Å². The van der Waals surface area contributed by atoms with Crippen molar-refractivity contribution in [3.8, 4) is 0 Å². The van der Waals surface area contributed by atoms with E-state index in [0.29, 0.717) is 18.2 Å². The minimum absolute atomic E-state index is 0. The van der Waals surface area contributed by atoms with Crippen molar-refractivity contribution < 1.29 is 25.9 Å². The van der Waals surface area contributed by atoms with Gasteiger partial charge in [0, 0.05) is 34.9 Å². The van der Waals surface area contributed by atoms with E-state index >= 15 is 0 Å². The monoisotopic (exact) mass is 479 g/mol. The Balaban J connectivity index is 0.00000480. The Morgan fingerprint density at radius 3 is 1.71 bits per heavy atom. The van der Waals surface area contributed by atoms with Crippen LogP contribution in [-0.4, -0.2) is 55.5 Å². The molecule has 2 N–H and O–H groups in total. The summed E-state index contributed by atoms with van der Waals surface area (Å²) in [5, 5.41) is 0.569. The molecule has 1 radical (unpaired) electrons. The van der Waals surface area contributed by atoms with Gasteiger partial charge in [-0.15, -0.1) is 0 Å². The van der Waals surface area contributed by atoms with Crippen LogP contribution in [0, 0.1) is 0 Å². The third kappa shape index (κ3) is 8.76. The quantitative estimate of drug-likeness (QED) is 0.226. The Bertz CT molecular complexity index is 1050. The van der Waals surface area contributed by atoms with Crippen LogP contribution in [0.25, 0.3) is 10.8 Å². The van der Waals surface area contributed by atoms with E-state index in [4.69, 9.17) is 0 Å². The second-order valence-electron chi connectivity index (χ2n) is 7.80. The Morgan fingerprint density at radius 2 is 1.19 bits per heavy atom. The molecule has 0 amide bonds. The average molecular weight is 480 g/mol.